The van der Waals surface area contributed by atoms with E-state index in [0.29, 0.717) is 24.0 Å². The van der Waals surface area contributed by atoms with Crippen LogP contribution in [0.2, 0.25) is 0 Å². The van der Waals surface area contributed by atoms with Gasteiger partial charge < -0.3 is 4.42 Å². The summed E-state index contributed by atoms with van der Waals surface area (Å²) in [6, 6.07) is 9.92. The molecule has 0 aliphatic heterocycles. The molecule has 0 bridgehead atoms. The molecule has 7 heteroatoms. The van der Waals surface area contributed by atoms with E-state index in [0.717, 1.165) is 29.6 Å². The Bertz CT molecular complexity index is 1190. The third kappa shape index (κ3) is 4.45. The number of aryl methyl sites for hydroxylation is 2. The fraction of sp³-hybridized carbons (Fsp3) is 0.364. The van der Waals surface area contributed by atoms with Gasteiger partial charge in [0.05, 0.1) is 0 Å². The summed E-state index contributed by atoms with van der Waals surface area (Å²) in [5, 5.41) is 1.44. The van der Waals surface area contributed by atoms with Crippen LogP contribution < -0.4 is 11.2 Å². The molecule has 3 aromatic heterocycles. The van der Waals surface area contributed by atoms with Gasteiger partial charge in [-0.2, -0.15) is 0 Å². The summed E-state index contributed by atoms with van der Waals surface area (Å²) in [4.78, 5) is 32.9. The number of hydrogen-bond donors (Lipinski definition) is 0. The summed E-state index contributed by atoms with van der Waals surface area (Å²) in [5.74, 6) is 0.915. The lowest BCUT2D eigenvalue weighted by atomic mass is 10.2. The molecule has 152 valence electrons. The second-order valence-electron chi connectivity index (χ2n) is 6.97. The molecule has 4 rings (SSSR count). The normalized spacial score (nSPS) is 10.9. The number of hydrogen-bond acceptors (Lipinski definition) is 5. The molecule has 29 heavy (non-hydrogen) atoms. The molecule has 0 radical (unpaired) electrons. The fourth-order valence-corrected chi connectivity index (χ4v) is 3.17. The van der Waals surface area contributed by atoms with Crippen LogP contribution in [0.1, 0.15) is 38.9 Å². The average Bonchev–Trinajstić information content (AvgIpc) is 3.15. The molecule has 1 aromatic carbocycles. The van der Waals surface area contributed by atoms with Crippen LogP contribution in [0.25, 0.3) is 22.0 Å². The molecule has 0 spiro atoms. The maximum atomic E-state index is 12.5. The predicted octanol–water partition coefficient (Wildman–Crippen LogP) is 3.68. The molecule has 0 saturated heterocycles. The van der Waals surface area contributed by atoms with E-state index in [-0.39, 0.29) is 11.2 Å². The fourth-order valence-electron chi connectivity index (χ4n) is 3.17. The van der Waals surface area contributed by atoms with Crippen molar-refractivity contribution in [3.8, 4) is 0 Å². The first kappa shape index (κ1) is 20.5. The SMILES string of the molecule is CCC.Cn1c(=O)n(CCCCc2cc3ccccc3o2)c(=O)c2cncnc21. The number of fused-ring (bicyclic) bond motifs is 2. The molecule has 0 amide bonds. The van der Waals surface area contributed by atoms with Crippen molar-refractivity contribution in [3.63, 3.8) is 0 Å². The molecule has 0 N–H and O–H groups in total. The monoisotopic (exact) mass is 394 g/mol. The Kier molecular flexibility index (Phi) is 6.59. The van der Waals surface area contributed by atoms with Gasteiger partial charge in [0.1, 0.15) is 23.1 Å². The molecule has 0 atom stereocenters. The van der Waals surface area contributed by atoms with Crippen LogP contribution in [0, 0.1) is 0 Å². The van der Waals surface area contributed by atoms with Gasteiger partial charge in [-0.15, -0.1) is 0 Å². The molecule has 0 saturated carbocycles. The highest BCUT2D eigenvalue weighted by atomic mass is 16.3. The first-order valence-electron chi connectivity index (χ1n) is 9.93. The van der Waals surface area contributed by atoms with Gasteiger partial charge >= 0.3 is 5.69 Å². The highest BCUT2D eigenvalue weighted by Gasteiger charge is 2.11. The maximum Gasteiger partial charge on any atom is 0.332 e. The van der Waals surface area contributed by atoms with Crippen LogP contribution in [0.5, 0.6) is 0 Å². The van der Waals surface area contributed by atoms with Gasteiger partial charge in [-0.05, 0) is 25.0 Å². The van der Waals surface area contributed by atoms with Crippen molar-refractivity contribution in [3.05, 3.63) is 69.5 Å². The number of unbranched alkanes of at least 4 members (excludes halogenated alkanes) is 1. The molecular weight excluding hydrogens is 368 g/mol. The van der Waals surface area contributed by atoms with Crippen LogP contribution >= 0.6 is 0 Å². The van der Waals surface area contributed by atoms with Crippen LogP contribution in [0.3, 0.4) is 0 Å². The first-order chi connectivity index (χ1) is 14.1. The quantitative estimate of drug-likeness (QED) is 0.482. The van der Waals surface area contributed by atoms with Crippen LogP contribution in [0.4, 0.5) is 0 Å². The number of furan rings is 1. The van der Waals surface area contributed by atoms with Gasteiger partial charge in [0.2, 0.25) is 0 Å². The van der Waals surface area contributed by atoms with E-state index in [1.54, 1.807) is 7.05 Å². The second-order valence-corrected chi connectivity index (χ2v) is 6.97. The van der Waals surface area contributed by atoms with Crippen molar-refractivity contribution in [1.29, 1.82) is 0 Å². The van der Waals surface area contributed by atoms with E-state index in [4.69, 9.17) is 4.42 Å². The summed E-state index contributed by atoms with van der Waals surface area (Å²) in [6.45, 7) is 4.61. The van der Waals surface area contributed by atoms with E-state index in [9.17, 15) is 9.59 Å². The number of para-hydroxylation sites is 1. The third-order valence-corrected chi connectivity index (χ3v) is 4.53. The minimum absolute atomic E-state index is 0.340. The van der Waals surface area contributed by atoms with Crippen molar-refractivity contribution in [2.45, 2.75) is 46.1 Å². The van der Waals surface area contributed by atoms with Gasteiger partial charge in [0.15, 0.2) is 5.65 Å². The summed E-state index contributed by atoms with van der Waals surface area (Å²) >= 11 is 0. The van der Waals surface area contributed by atoms with Crippen molar-refractivity contribution < 1.29 is 4.42 Å². The van der Waals surface area contributed by atoms with Gasteiger partial charge in [-0.25, -0.2) is 14.8 Å². The van der Waals surface area contributed by atoms with Crippen molar-refractivity contribution in [2.75, 3.05) is 0 Å². The summed E-state index contributed by atoms with van der Waals surface area (Å²) in [5.41, 5.74) is 0.535. The molecule has 0 unspecified atom stereocenters. The first-order valence-corrected chi connectivity index (χ1v) is 9.93. The molecule has 3 heterocycles. The largest absolute Gasteiger partial charge is 0.461 e. The topological polar surface area (TPSA) is 82.9 Å². The van der Waals surface area contributed by atoms with Gasteiger partial charge in [-0.1, -0.05) is 38.5 Å². The zero-order valence-electron chi connectivity index (χ0n) is 17.1. The third-order valence-electron chi connectivity index (χ3n) is 4.53. The summed E-state index contributed by atoms with van der Waals surface area (Å²) in [6.07, 6.45) is 6.32. The number of nitrogens with zero attached hydrogens (tertiary/aromatic N) is 4. The standard InChI is InChI=1S/C19H18N4O3.C3H8/c1-22-17-15(11-20-12-21-17)18(24)23(19(22)25)9-5-4-7-14-10-13-6-2-3-8-16(13)26-14;1-3-2/h2-3,6,8,10-12H,4-5,7,9H2,1H3;3H2,1-2H3. The highest BCUT2D eigenvalue weighted by molar-refractivity contribution is 5.77. The molecule has 7 nitrogen and oxygen atoms in total. The smallest absolute Gasteiger partial charge is 0.332 e. The predicted molar refractivity (Wildman–Crippen MR) is 114 cm³/mol. The average molecular weight is 394 g/mol. The van der Waals surface area contributed by atoms with E-state index in [2.05, 4.69) is 23.8 Å². The van der Waals surface area contributed by atoms with E-state index >= 15 is 0 Å². The Morgan fingerprint density at radius 1 is 1.10 bits per heavy atom. The number of benzene rings is 1. The Hall–Kier alpha value is -3.22. The maximum absolute atomic E-state index is 12.5. The molecule has 0 fully saturated rings. The Balaban J connectivity index is 0.000000755. The highest BCUT2D eigenvalue weighted by Crippen LogP contribution is 2.20. The van der Waals surface area contributed by atoms with Crippen LogP contribution in [-0.4, -0.2) is 19.1 Å². The lowest BCUT2D eigenvalue weighted by Crippen LogP contribution is -2.39. The zero-order valence-corrected chi connectivity index (χ0v) is 17.1. The van der Waals surface area contributed by atoms with Gasteiger partial charge in [-0.3, -0.25) is 13.9 Å². The minimum atomic E-state index is -0.357. The Labute approximate surface area is 168 Å². The van der Waals surface area contributed by atoms with Gasteiger partial charge in [0, 0.05) is 31.6 Å². The lowest BCUT2D eigenvalue weighted by Gasteiger charge is -2.09. The van der Waals surface area contributed by atoms with E-state index < -0.39 is 0 Å². The van der Waals surface area contributed by atoms with Gasteiger partial charge in [0.25, 0.3) is 5.56 Å². The van der Waals surface area contributed by atoms with E-state index in [1.165, 1.54) is 28.1 Å². The Morgan fingerprint density at radius 3 is 2.62 bits per heavy atom. The molecule has 4 aromatic rings. The van der Waals surface area contributed by atoms with E-state index in [1.807, 2.05) is 30.3 Å². The molecular formula is C22H26N4O3. The second kappa shape index (κ2) is 9.32. The summed E-state index contributed by atoms with van der Waals surface area (Å²) < 4.78 is 8.43. The van der Waals surface area contributed by atoms with Crippen LogP contribution in [0.15, 0.2) is 56.9 Å². The lowest BCUT2D eigenvalue weighted by molar-refractivity contribution is 0.507. The van der Waals surface area contributed by atoms with Crippen molar-refractivity contribution >= 4 is 22.0 Å². The Morgan fingerprint density at radius 2 is 1.86 bits per heavy atom. The van der Waals surface area contributed by atoms with Crippen LogP contribution in [-0.2, 0) is 20.0 Å². The van der Waals surface area contributed by atoms with Crippen molar-refractivity contribution in [2.24, 2.45) is 7.05 Å². The van der Waals surface area contributed by atoms with Crippen molar-refractivity contribution in [1.82, 2.24) is 19.1 Å². The summed E-state index contributed by atoms with van der Waals surface area (Å²) in [7, 11) is 1.61. The number of rotatable bonds is 5. The molecule has 0 aliphatic carbocycles. The number of aromatic nitrogens is 4. The minimum Gasteiger partial charge on any atom is -0.461 e. The molecule has 0 aliphatic rings. The zero-order chi connectivity index (χ0) is 20.8.